The molecular formula is C15H26N2O4. The second-order valence-corrected chi connectivity index (χ2v) is 6.09. The summed E-state index contributed by atoms with van der Waals surface area (Å²) in [7, 11) is 0. The highest BCUT2D eigenvalue weighted by Crippen LogP contribution is 2.34. The molecule has 2 rings (SSSR count). The summed E-state index contributed by atoms with van der Waals surface area (Å²) in [6.45, 7) is 4.66. The highest BCUT2D eigenvalue weighted by Gasteiger charge is 2.49. The molecule has 0 spiro atoms. The third-order valence-corrected chi connectivity index (χ3v) is 4.65. The number of ether oxygens (including phenoxy) is 1. The molecule has 2 saturated heterocycles. The van der Waals surface area contributed by atoms with E-state index in [1.165, 1.54) is 4.90 Å². The smallest absolute Gasteiger partial charge is 0.329 e. The minimum absolute atomic E-state index is 0.234. The highest BCUT2D eigenvalue weighted by molar-refractivity contribution is 5.87. The molecule has 0 bridgehead atoms. The van der Waals surface area contributed by atoms with Crippen molar-refractivity contribution in [2.75, 3.05) is 26.3 Å². The van der Waals surface area contributed by atoms with Gasteiger partial charge in [-0.15, -0.1) is 0 Å². The maximum Gasteiger partial charge on any atom is 0.329 e. The number of amides is 2. The molecule has 2 fully saturated rings. The van der Waals surface area contributed by atoms with E-state index < -0.39 is 11.5 Å². The zero-order valence-electron chi connectivity index (χ0n) is 12.8. The van der Waals surface area contributed by atoms with Crippen molar-refractivity contribution in [2.24, 2.45) is 5.92 Å². The number of urea groups is 1. The van der Waals surface area contributed by atoms with E-state index >= 15 is 0 Å². The fraction of sp³-hybridized carbons (Fsp3) is 0.867. The highest BCUT2D eigenvalue weighted by atomic mass is 16.5. The maximum atomic E-state index is 12.3. The number of carboxylic acids is 1. The molecule has 120 valence electrons. The van der Waals surface area contributed by atoms with E-state index in [1.54, 1.807) is 0 Å². The molecule has 2 heterocycles. The maximum absolute atomic E-state index is 12.3. The predicted octanol–water partition coefficient (Wildman–Crippen LogP) is 1.84. The van der Waals surface area contributed by atoms with Gasteiger partial charge in [-0.25, -0.2) is 9.59 Å². The van der Waals surface area contributed by atoms with E-state index in [1.807, 2.05) is 6.92 Å². The second-order valence-electron chi connectivity index (χ2n) is 6.09. The molecule has 2 amide bonds. The van der Waals surface area contributed by atoms with Crippen molar-refractivity contribution in [3.63, 3.8) is 0 Å². The van der Waals surface area contributed by atoms with E-state index in [4.69, 9.17) is 4.74 Å². The van der Waals surface area contributed by atoms with Gasteiger partial charge in [0.25, 0.3) is 0 Å². The van der Waals surface area contributed by atoms with Crippen molar-refractivity contribution >= 4 is 12.0 Å². The van der Waals surface area contributed by atoms with Crippen LogP contribution in [0.3, 0.4) is 0 Å². The standard InChI is InChI=1S/C15H26N2O4/c1-2-6-15(13(18)19)7-3-9-17(15)14(20)16-8-4-12-5-10-21-11-12/h12H,2-11H2,1H3,(H,16,20)(H,18,19). The minimum atomic E-state index is -1.00. The predicted molar refractivity (Wildman–Crippen MR) is 78.2 cm³/mol. The van der Waals surface area contributed by atoms with Crippen molar-refractivity contribution in [2.45, 2.75) is 51.0 Å². The fourth-order valence-electron chi connectivity index (χ4n) is 3.47. The summed E-state index contributed by atoms with van der Waals surface area (Å²) in [6, 6.07) is -0.234. The Hall–Kier alpha value is -1.30. The second kappa shape index (κ2) is 7.11. The molecule has 0 aromatic rings. The average molecular weight is 298 g/mol. The van der Waals surface area contributed by atoms with E-state index in [9.17, 15) is 14.7 Å². The molecular weight excluding hydrogens is 272 g/mol. The molecule has 2 unspecified atom stereocenters. The van der Waals surface area contributed by atoms with Gasteiger partial charge < -0.3 is 20.1 Å². The van der Waals surface area contributed by atoms with E-state index in [-0.39, 0.29) is 6.03 Å². The summed E-state index contributed by atoms with van der Waals surface area (Å²) >= 11 is 0. The first-order valence-corrected chi connectivity index (χ1v) is 7.97. The number of nitrogens with one attached hydrogen (secondary N) is 1. The van der Waals surface area contributed by atoms with Gasteiger partial charge in [0, 0.05) is 26.3 Å². The lowest BCUT2D eigenvalue weighted by atomic mass is 9.91. The number of carboxylic acid groups (broad SMARTS) is 1. The number of carbonyl (C=O) groups is 2. The summed E-state index contributed by atoms with van der Waals surface area (Å²) in [5.74, 6) is -0.357. The van der Waals surface area contributed by atoms with Crippen LogP contribution in [0, 0.1) is 5.92 Å². The Bertz CT molecular complexity index is 382. The van der Waals surface area contributed by atoms with Gasteiger partial charge in [-0.1, -0.05) is 13.3 Å². The molecule has 2 atom stereocenters. The topological polar surface area (TPSA) is 78.9 Å². The lowest BCUT2D eigenvalue weighted by molar-refractivity contribution is -0.148. The zero-order valence-corrected chi connectivity index (χ0v) is 12.8. The van der Waals surface area contributed by atoms with Crippen LogP contribution in [-0.2, 0) is 9.53 Å². The molecule has 0 aromatic heterocycles. The normalized spacial score (nSPS) is 28.8. The first-order chi connectivity index (χ1) is 10.1. The molecule has 2 N–H and O–H groups in total. The molecule has 2 aliphatic heterocycles. The van der Waals surface area contributed by atoms with Gasteiger partial charge in [-0.05, 0) is 38.0 Å². The van der Waals surface area contributed by atoms with Crippen LogP contribution in [0.4, 0.5) is 4.79 Å². The fourth-order valence-corrected chi connectivity index (χ4v) is 3.47. The molecule has 6 heteroatoms. The zero-order chi connectivity index (χ0) is 15.3. The quantitative estimate of drug-likeness (QED) is 0.784. The summed E-state index contributed by atoms with van der Waals surface area (Å²) < 4.78 is 5.31. The number of aliphatic carboxylic acids is 1. The lowest BCUT2D eigenvalue weighted by Gasteiger charge is -2.34. The molecule has 2 aliphatic rings. The Morgan fingerprint density at radius 3 is 2.90 bits per heavy atom. The van der Waals surface area contributed by atoms with Gasteiger partial charge in [0.05, 0.1) is 0 Å². The van der Waals surface area contributed by atoms with Gasteiger partial charge in [0.15, 0.2) is 0 Å². The Morgan fingerprint density at radius 1 is 1.48 bits per heavy atom. The third-order valence-electron chi connectivity index (χ3n) is 4.65. The number of rotatable bonds is 6. The van der Waals surface area contributed by atoms with Crippen molar-refractivity contribution in [1.29, 1.82) is 0 Å². The van der Waals surface area contributed by atoms with Crippen LogP contribution in [0.25, 0.3) is 0 Å². The van der Waals surface area contributed by atoms with Crippen LogP contribution >= 0.6 is 0 Å². The van der Waals surface area contributed by atoms with Crippen LogP contribution < -0.4 is 5.32 Å². The SMILES string of the molecule is CCCC1(C(=O)O)CCCN1C(=O)NCCC1CCOC1. The summed E-state index contributed by atoms with van der Waals surface area (Å²) in [5.41, 5.74) is -1.00. The van der Waals surface area contributed by atoms with Crippen molar-refractivity contribution in [3.8, 4) is 0 Å². The van der Waals surface area contributed by atoms with Crippen LogP contribution in [0.1, 0.15) is 45.4 Å². The number of carbonyl (C=O) groups excluding carboxylic acids is 1. The van der Waals surface area contributed by atoms with E-state index in [0.717, 1.165) is 38.9 Å². The Labute approximate surface area is 125 Å². The number of hydrogen-bond donors (Lipinski definition) is 2. The van der Waals surface area contributed by atoms with Crippen LogP contribution in [-0.4, -0.2) is 53.8 Å². The summed E-state index contributed by atoms with van der Waals surface area (Å²) in [5, 5.41) is 12.5. The minimum Gasteiger partial charge on any atom is -0.479 e. The Kier molecular flexibility index (Phi) is 5.45. The van der Waals surface area contributed by atoms with Gasteiger partial charge in [-0.3, -0.25) is 0 Å². The average Bonchev–Trinajstić information content (AvgIpc) is 3.08. The van der Waals surface area contributed by atoms with Gasteiger partial charge >= 0.3 is 12.0 Å². The number of hydrogen-bond acceptors (Lipinski definition) is 3. The Balaban J connectivity index is 1.88. The molecule has 6 nitrogen and oxygen atoms in total. The largest absolute Gasteiger partial charge is 0.479 e. The monoisotopic (exact) mass is 298 g/mol. The molecule has 0 radical (unpaired) electrons. The van der Waals surface area contributed by atoms with E-state index in [2.05, 4.69) is 5.32 Å². The van der Waals surface area contributed by atoms with Gasteiger partial charge in [0.1, 0.15) is 5.54 Å². The molecule has 21 heavy (non-hydrogen) atoms. The molecule has 0 saturated carbocycles. The number of likely N-dealkylation sites (tertiary alicyclic amines) is 1. The van der Waals surface area contributed by atoms with E-state index in [0.29, 0.717) is 31.8 Å². The van der Waals surface area contributed by atoms with Crippen molar-refractivity contribution in [1.82, 2.24) is 10.2 Å². The first kappa shape index (κ1) is 16.1. The molecule has 0 aliphatic carbocycles. The van der Waals surface area contributed by atoms with Crippen LogP contribution in [0.5, 0.6) is 0 Å². The Morgan fingerprint density at radius 2 is 2.29 bits per heavy atom. The molecule has 0 aromatic carbocycles. The third kappa shape index (κ3) is 3.48. The first-order valence-electron chi connectivity index (χ1n) is 7.97. The lowest BCUT2D eigenvalue weighted by Crippen LogP contribution is -2.56. The van der Waals surface area contributed by atoms with Gasteiger partial charge in [-0.2, -0.15) is 0 Å². The van der Waals surface area contributed by atoms with Crippen molar-refractivity contribution < 1.29 is 19.4 Å². The van der Waals surface area contributed by atoms with Crippen molar-refractivity contribution in [3.05, 3.63) is 0 Å². The van der Waals surface area contributed by atoms with Crippen LogP contribution in [0.2, 0.25) is 0 Å². The van der Waals surface area contributed by atoms with Crippen LogP contribution in [0.15, 0.2) is 0 Å². The van der Waals surface area contributed by atoms with Gasteiger partial charge in [0.2, 0.25) is 0 Å². The summed E-state index contributed by atoms with van der Waals surface area (Å²) in [4.78, 5) is 25.5. The summed E-state index contributed by atoms with van der Waals surface area (Å²) in [6.07, 6.45) is 4.54. The number of nitrogens with zero attached hydrogens (tertiary/aromatic N) is 1.